The number of hydrogen-bond donors (Lipinski definition) is 3. The molecule has 0 radical (unpaired) electrons. The van der Waals surface area contributed by atoms with Crippen LogP contribution < -0.4 is 11.1 Å². The summed E-state index contributed by atoms with van der Waals surface area (Å²) in [5.74, 6) is 0.468. The predicted molar refractivity (Wildman–Crippen MR) is 134 cm³/mol. The summed E-state index contributed by atoms with van der Waals surface area (Å²) in [5, 5.41) is 14.2. The van der Waals surface area contributed by atoms with Crippen LogP contribution >= 0.6 is 0 Å². The molecule has 184 valence electrons. The maximum absolute atomic E-state index is 13.1. The fraction of sp³-hybridized carbons (Fsp3) is 0.346. The van der Waals surface area contributed by atoms with Gasteiger partial charge in [0.15, 0.2) is 5.78 Å². The molecule has 0 saturated carbocycles. The van der Waals surface area contributed by atoms with Crippen LogP contribution in [0.25, 0.3) is 5.69 Å². The van der Waals surface area contributed by atoms with Gasteiger partial charge in [-0.3, -0.25) is 4.79 Å². The van der Waals surface area contributed by atoms with Crippen LogP contribution in [0, 0.1) is 11.7 Å². The number of halogens is 1. The van der Waals surface area contributed by atoms with Crippen LogP contribution in [0.4, 0.5) is 10.2 Å². The highest BCUT2D eigenvalue weighted by Gasteiger charge is 2.18. The lowest BCUT2D eigenvalue weighted by Crippen LogP contribution is -2.17. The van der Waals surface area contributed by atoms with E-state index in [1.165, 1.54) is 23.0 Å². The number of aryl methyl sites for hydroxylation is 1. The molecule has 0 aliphatic heterocycles. The fourth-order valence-electron chi connectivity index (χ4n) is 2.92. The quantitative estimate of drug-likeness (QED) is 0.249. The second-order valence-corrected chi connectivity index (χ2v) is 8.07. The monoisotopic (exact) mass is 470 g/mol. The molecule has 8 heteroatoms. The van der Waals surface area contributed by atoms with Gasteiger partial charge in [-0.25, -0.2) is 9.07 Å². The van der Waals surface area contributed by atoms with Crippen molar-refractivity contribution in [2.45, 2.75) is 33.6 Å². The van der Waals surface area contributed by atoms with Gasteiger partial charge in [0.2, 0.25) is 0 Å². The third-order valence-electron chi connectivity index (χ3n) is 4.36. The Morgan fingerprint density at radius 3 is 2.44 bits per heavy atom. The number of aromatic nitrogens is 2. The lowest BCUT2D eigenvalue weighted by molar-refractivity contribution is -0.107. The molecule has 0 atom stereocenters. The highest BCUT2D eigenvalue weighted by atomic mass is 19.1. The number of aldehydes is 1. The van der Waals surface area contributed by atoms with Gasteiger partial charge >= 0.3 is 0 Å². The molecule has 0 fully saturated rings. The van der Waals surface area contributed by atoms with Crippen LogP contribution in [-0.4, -0.2) is 47.2 Å². The summed E-state index contributed by atoms with van der Waals surface area (Å²) in [6.45, 7) is 7.57. The van der Waals surface area contributed by atoms with Crippen molar-refractivity contribution in [3.8, 4) is 5.69 Å². The van der Waals surface area contributed by atoms with Gasteiger partial charge in [-0.2, -0.15) is 5.10 Å². The number of carbonyl (C=O) groups excluding carboxylic acids is 2. The zero-order valence-electron chi connectivity index (χ0n) is 20.3. The number of nitrogens with one attached hydrogen (secondary N) is 1. The van der Waals surface area contributed by atoms with Gasteiger partial charge < -0.3 is 21.0 Å². The Hall–Kier alpha value is -3.36. The van der Waals surface area contributed by atoms with Gasteiger partial charge in [-0.1, -0.05) is 39.0 Å². The molecular formula is C26H35FN4O3. The average Bonchev–Trinajstić information content (AvgIpc) is 3.21. The number of nitrogens with zero attached hydrogens (tertiary/aromatic N) is 2. The molecule has 7 nitrogen and oxygen atoms in total. The lowest BCUT2D eigenvalue weighted by atomic mass is 10.0. The minimum atomic E-state index is -0.357. The van der Waals surface area contributed by atoms with Crippen molar-refractivity contribution in [3.63, 3.8) is 0 Å². The van der Waals surface area contributed by atoms with Gasteiger partial charge in [0.05, 0.1) is 24.0 Å². The third kappa shape index (κ3) is 9.25. The Kier molecular flexibility index (Phi) is 13.0. The van der Waals surface area contributed by atoms with Crippen molar-refractivity contribution < 1.29 is 19.1 Å². The second kappa shape index (κ2) is 15.5. The van der Waals surface area contributed by atoms with E-state index in [2.05, 4.69) is 31.2 Å². The largest absolute Gasteiger partial charge is 0.400 e. The second-order valence-electron chi connectivity index (χ2n) is 8.07. The van der Waals surface area contributed by atoms with Gasteiger partial charge in [-0.05, 0) is 61.2 Å². The number of aliphatic hydroxyl groups is 1. The first-order valence-electron chi connectivity index (χ1n) is 11.2. The fourth-order valence-corrected chi connectivity index (χ4v) is 2.92. The summed E-state index contributed by atoms with van der Waals surface area (Å²) in [5.41, 5.74) is 8.57. The van der Waals surface area contributed by atoms with Crippen molar-refractivity contribution in [1.29, 1.82) is 0 Å². The van der Waals surface area contributed by atoms with Gasteiger partial charge in [0.25, 0.3) is 0 Å². The Balaban J connectivity index is 0.000000872. The van der Waals surface area contributed by atoms with Gasteiger partial charge in [-0.15, -0.1) is 0 Å². The molecule has 1 aromatic heterocycles. The molecule has 0 aliphatic rings. The zero-order chi connectivity index (χ0) is 25.5. The van der Waals surface area contributed by atoms with Crippen LogP contribution in [0.1, 0.15) is 48.7 Å². The highest BCUT2D eigenvalue weighted by Crippen LogP contribution is 2.21. The Labute approximate surface area is 200 Å². The predicted octanol–water partition coefficient (Wildman–Crippen LogP) is 3.82. The lowest BCUT2D eigenvalue weighted by Gasteiger charge is -2.07. The van der Waals surface area contributed by atoms with E-state index in [-0.39, 0.29) is 17.4 Å². The summed E-state index contributed by atoms with van der Waals surface area (Å²) in [4.78, 5) is 23.2. The van der Waals surface area contributed by atoms with Crippen LogP contribution in [0.3, 0.4) is 0 Å². The number of hydrogen-bond acceptors (Lipinski definition) is 6. The summed E-state index contributed by atoms with van der Waals surface area (Å²) >= 11 is 0. The van der Waals surface area contributed by atoms with E-state index in [0.29, 0.717) is 23.4 Å². The molecule has 0 bridgehead atoms. The molecule has 3 aromatic rings. The van der Waals surface area contributed by atoms with E-state index in [0.717, 1.165) is 44.3 Å². The molecular weight excluding hydrogens is 435 g/mol. The smallest absolute Gasteiger partial charge is 0.198 e. The van der Waals surface area contributed by atoms with Gasteiger partial charge in [0.1, 0.15) is 17.9 Å². The van der Waals surface area contributed by atoms with Crippen molar-refractivity contribution >= 4 is 17.9 Å². The Bertz CT molecular complexity index is 1010. The maximum atomic E-state index is 13.1. The van der Waals surface area contributed by atoms with Crippen molar-refractivity contribution in [2.24, 2.45) is 5.92 Å². The summed E-state index contributed by atoms with van der Waals surface area (Å²) in [7, 11) is 1.00. The number of carbonyl (C=O) groups is 2. The average molecular weight is 471 g/mol. The molecule has 2 aromatic carbocycles. The summed E-state index contributed by atoms with van der Waals surface area (Å²) in [6.07, 6.45) is 3.90. The van der Waals surface area contributed by atoms with Crippen molar-refractivity contribution in [1.82, 2.24) is 15.1 Å². The first kappa shape index (κ1) is 28.7. The van der Waals surface area contributed by atoms with E-state index in [9.17, 15) is 14.0 Å². The molecule has 4 N–H and O–H groups in total. The Morgan fingerprint density at radius 1 is 1.18 bits per heavy atom. The van der Waals surface area contributed by atoms with Crippen LogP contribution in [0.15, 0.2) is 54.7 Å². The molecule has 1 heterocycles. The van der Waals surface area contributed by atoms with E-state index in [1.807, 2.05) is 18.2 Å². The maximum Gasteiger partial charge on any atom is 0.198 e. The molecule has 34 heavy (non-hydrogen) atoms. The topological polar surface area (TPSA) is 110 Å². The SMILES string of the molecule is CC(C)C.CO.Nc1c(C(=O)c2cccc(CCCNCC=O)c2)cnn1-c1ccc(F)cc1. The van der Waals surface area contributed by atoms with E-state index >= 15 is 0 Å². The molecule has 0 aliphatic carbocycles. The molecule has 3 rings (SSSR count). The Morgan fingerprint density at radius 2 is 1.82 bits per heavy atom. The standard InChI is InChI=1S/C21H21FN4O2.C4H10.CH4O/c22-17-6-8-18(9-7-17)26-21(23)19(14-25-26)20(28)16-5-1-3-15(13-16)4-2-10-24-11-12-27;1-4(2)3;1-2/h1,3,5-9,12-14,24H,2,4,10-11,23H2;4H,1-3H3;2H,1H3. The first-order chi connectivity index (χ1) is 16.3. The van der Waals surface area contributed by atoms with Crippen LogP contribution in [-0.2, 0) is 11.2 Å². The minimum absolute atomic E-state index is 0.208. The number of rotatable bonds is 9. The molecule has 0 unspecified atom stereocenters. The molecule has 0 amide bonds. The number of aliphatic hydroxyl groups excluding tert-OH is 1. The number of ketones is 1. The third-order valence-corrected chi connectivity index (χ3v) is 4.36. The van der Waals surface area contributed by atoms with Crippen molar-refractivity contribution in [2.75, 3.05) is 25.9 Å². The van der Waals surface area contributed by atoms with Crippen LogP contribution in [0.5, 0.6) is 0 Å². The number of nitrogen functional groups attached to an aromatic ring is 1. The van der Waals surface area contributed by atoms with E-state index in [4.69, 9.17) is 10.8 Å². The summed E-state index contributed by atoms with van der Waals surface area (Å²) < 4.78 is 14.5. The zero-order valence-corrected chi connectivity index (χ0v) is 20.3. The molecule has 0 spiro atoms. The number of nitrogens with two attached hydrogens (primary N) is 1. The van der Waals surface area contributed by atoms with Gasteiger partial charge in [0, 0.05) is 12.7 Å². The highest BCUT2D eigenvalue weighted by molar-refractivity contribution is 6.11. The first-order valence-corrected chi connectivity index (χ1v) is 11.2. The van der Waals surface area contributed by atoms with E-state index in [1.54, 1.807) is 18.2 Å². The van der Waals surface area contributed by atoms with E-state index < -0.39 is 0 Å². The normalized spacial score (nSPS) is 10.1. The van der Waals surface area contributed by atoms with Crippen molar-refractivity contribution in [3.05, 3.63) is 77.2 Å². The number of anilines is 1. The molecule has 0 saturated heterocycles. The minimum Gasteiger partial charge on any atom is -0.400 e. The van der Waals surface area contributed by atoms with Crippen LogP contribution in [0.2, 0.25) is 0 Å². The summed E-state index contributed by atoms with van der Waals surface area (Å²) in [6, 6.07) is 13.1. The number of benzene rings is 2.